The molecule has 1 aliphatic carbocycles. The van der Waals surface area contributed by atoms with Crippen LogP contribution in [0.1, 0.15) is 57.8 Å². The third-order valence-corrected chi connectivity index (χ3v) is 5.76. The number of carbonyl (C=O) groups excluding carboxylic acids is 2. The van der Waals surface area contributed by atoms with E-state index in [1.807, 2.05) is 9.80 Å². The van der Waals surface area contributed by atoms with Crippen LogP contribution in [0.3, 0.4) is 0 Å². The number of nitrogens with one attached hydrogen (secondary N) is 1. The monoisotopic (exact) mass is 357 g/mol. The second kappa shape index (κ2) is 9.62. The summed E-state index contributed by atoms with van der Waals surface area (Å²) in [4.78, 5) is 28.7. The number of piperazine rings is 1. The molecule has 24 heavy (non-hydrogen) atoms. The minimum Gasteiger partial charge on any atom is -0.339 e. The van der Waals surface area contributed by atoms with Gasteiger partial charge < -0.3 is 15.1 Å². The summed E-state index contributed by atoms with van der Waals surface area (Å²) in [5, 5.41) is 3.39. The largest absolute Gasteiger partial charge is 0.339 e. The number of carbonyl (C=O) groups is 2. The van der Waals surface area contributed by atoms with Gasteiger partial charge in [0.1, 0.15) is 0 Å². The Hall–Kier alpha value is -0.810. The van der Waals surface area contributed by atoms with Crippen LogP contribution in [-0.2, 0) is 9.59 Å². The average Bonchev–Trinajstić information content (AvgIpc) is 3.09. The van der Waals surface area contributed by atoms with Gasteiger partial charge in [0.2, 0.25) is 11.8 Å². The highest BCUT2D eigenvalue weighted by molar-refractivity contribution is 5.85. The Balaban J connectivity index is 0.00000208. The number of amides is 2. The first-order valence-electron chi connectivity index (χ1n) is 9.51. The van der Waals surface area contributed by atoms with Gasteiger partial charge >= 0.3 is 0 Å². The van der Waals surface area contributed by atoms with Crippen molar-refractivity contribution in [1.82, 2.24) is 15.1 Å². The molecule has 2 saturated heterocycles. The Morgan fingerprint density at radius 1 is 0.792 bits per heavy atom. The Kier molecular flexibility index (Phi) is 7.82. The van der Waals surface area contributed by atoms with E-state index < -0.39 is 0 Å². The summed E-state index contributed by atoms with van der Waals surface area (Å²) in [6, 6.07) is 0.369. The quantitative estimate of drug-likeness (QED) is 0.839. The van der Waals surface area contributed by atoms with Gasteiger partial charge in [-0.3, -0.25) is 9.59 Å². The summed E-state index contributed by atoms with van der Waals surface area (Å²) in [5.41, 5.74) is 0. The molecule has 3 aliphatic rings. The second-order valence-corrected chi connectivity index (χ2v) is 7.47. The zero-order valence-electron chi connectivity index (χ0n) is 14.7. The fraction of sp³-hybridized carbons (Fsp3) is 0.889. The van der Waals surface area contributed by atoms with Crippen LogP contribution in [0.25, 0.3) is 0 Å². The topological polar surface area (TPSA) is 52.7 Å². The van der Waals surface area contributed by atoms with Crippen molar-refractivity contribution in [2.75, 3.05) is 32.7 Å². The van der Waals surface area contributed by atoms with Crippen molar-refractivity contribution in [3.05, 3.63) is 0 Å². The van der Waals surface area contributed by atoms with Crippen LogP contribution in [0, 0.1) is 5.92 Å². The lowest BCUT2D eigenvalue weighted by Gasteiger charge is -2.36. The smallest absolute Gasteiger partial charge is 0.224 e. The molecule has 1 atom stereocenters. The molecule has 3 fully saturated rings. The molecule has 3 rings (SSSR count). The van der Waals surface area contributed by atoms with E-state index in [1.165, 1.54) is 38.5 Å². The summed E-state index contributed by atoms with van der Waals surface area (Å²) in [7, 11) is 0. The molecule has 0 aromatic rings. The van der Waals surface area contributed by atoms with E-state index in [4.69, 9.17) is 0 Å². The van der Waals surface area contributed by atoms with Crippen molar-refractivity contribution in [3.63, 3.8) is 0 Å². The van der Waals surface area contributed by atoms with E-state index in [0.29, 0.717) is 37.4 Å². The van der Waals surface area contributed by atoms with Crippen molar-refractivity contribution < 1.29 is 9.59 Å². The third-order valence-electron chi connectivity index (χ3n) is 5.76. The molecule has 2 heterocycles. The maximum Gasteiger partial charge on any atom is 0.224 e. The third kappa shape index (κ3) is 5.35. The number of rotatable bonds is 4. The van der Waals surface area contributed by atoms with E-state index in [2.05, 4.69) is 5.32 Å². The van der Waals surface area contributed by atoms with Crippen LogP contribution >= 0.6 is 12.4 Å². The molecule has 0 spiro atoms. The SMILES string of the molecule is Cl.O=C(CC1CCCCC1)N1CCN(C(=O)CC2CCCN2)CC1. The number of hydrogen-bond acceptors (Lipinski definition) is 3. The number of halogens is 1. The fourth-order valence-corrected chi connectivity index (χ4v) is 4.24. The molecule has 0 aromatic carbocycles. The van der Waals surface area contributed by atoms with Crippen LogP contribution in [0.5, 0.6) is 0 Å². The molecular formula is C18H32ClN3O2. The fourth-order valence-electron chi connectivity index (χ4n) is 4.24. The average molecular weight is 358 g/mol. The summed E-state index contributed by atoms with van der Waals surface area (Å²) in [6.45, 7) is 3.90. The number of hydrogen-bond donors (Lipinski definition) is 1. The normalized spacial score (nSPS) is 25.4. The standard InChI is InChI=1S/C18H31N3O2.ClH/c22-17(13-15-5-2-1-3-6-15)20-9-11-21(12-10-20)18(23)14-16-7-4-8-19-16;/h15-16,19H,1-14H2;1H. The molecule has 0 bridgehead atoms. The van der Waals surface area contributed by atoms with E-state index >= 15 is 0 Å². The van der Waals surface area contributed by atoms with Gasteiger partial charge in [0.15, 0.2) is 0 Å². The van der Waals surface area contributed by atoms with E-state index in [0.717, 1.165) is 32.5 Å². The predicted molar refractivity (Wildman–Crippen MR) is 97.2 cm³/mol. The molecule has 6 heteroatoms. The van der Waals surface area contributed by atoms with E-state index in [9.17, 15) is 9.59 Å². The van der Waals surface area contributed by atoms with Crippen molar-refractivity contribution in [3.8, 4) is 0 Å². The molecule has 2 amide bonds. The summed E-state index contributed by atoms with van der Waals surface area (Å²) in [6.07, 6.45) is 9.99. The minimum atomic E-state index is 0. The lowest BCUT2D eigenvalue weighted by Crippen LogP contribution is -2.51. The molecule has 2 aliphatic heterocycles. The Morgan fingerprint density at radius 3 is 1.92 bits per heavy atom. The van der Waals surface area contributed by atoms with Gasteiger partial charge in [-0.1, -0.05) is 19.3 Å². The van der Waals surface area contributed by atoms with Gasteiger partial charge in [-0.05, 0) is 38.1 Å². The first-order valence-corrected chi connectivity index (χ1v) is 9.51. The molecule has 5 nitrogen and oxygen atoms in total. The van der Waals surface area contributed by atoms with Gasteiger partial charge in [0.05, 0.1) is 0 Å². The van der Waals surface area contributed by atoms with Gasteiger partial charge in [0, 0.05) is 45.1 Å². The van der Waals surface area contributed by atoms with Crippen molar-refractivity contribution in [2.24, 2.45) is 5.92 Å². The molecule has 1 unspecified atom stereocenters. The summed E-state index contributed by atoms with van der Waals surface area (Å²) in [5.74, 6) is 1.16. The van der Waals surface area contributed by atoms with Crippen LogP contribution in [0.15, 0.2) is 0 Å². The van der Waals surface area contributed by atoms with Crippen LogP contribution in [0.2, 0.25) is 0 Å². The lowest BCUT2D eigenvalue weighted by atomic mass is 9.86. The van der Waals surface area contributed by atoms with Gasteiger partial charge in [-0.15, -0.1) is 12.4 Å². The van der Waals surface area contributed by atoms with Crippen molar-refractivity contribution in [2.45, 2.75) is 63.8 Å². The molecule has 0 radical (unpaired) electrons. The van der Waals surface area contributed by atoms with E-state index in [1.54, 1.807) is 0 Å². The van der Waals surface area contributed by atoms with Crippen LogP contribution in [-0.4, -0.2) is 60.4 Å². The van der Waals surface area contributed by atoms with Gasteiger partial charge in [-0.2, -0.15) is 0 Å². The summed E-state index contributed by atoms with van der Waals surface area (Å²) < 4.78 is 0. The molecule has 1 saturated carbocycles. The first-order chi connectivity index (χ1) is 11.2. The van der Waals surface area contributed by atoms with Crippen LogP contribution in [0.4, 0.5) is 0 Å². The van der Waals surface area contributed by atoms with Crippen LogP contribution < -0.4 is 5.32 Å². The second-order valence-electron chi connectivity index (χ2n) is 7.47. The highest BCUT2D eigenvalue weighted by atomic mass is 35.5. The van der Waals surface area contributed by atoms with Gasteiger partial charge in [-0.25, -0.2) is 0 Å². The zero-order chi connectivity index (χ0) is 16.1. The summed E-state index contributed by atoms with van der Waals surface area (Å²) >= 11 is 0. The predicted octanol–water partition coefficient (Wildman–Crippen LogP) is 2.19. The lowest BCUT2D eigenvalue weighted by molar-refractivity contribution is -0.140. The Labute approximate surface area is 151 Å². The highest BCUT2D eigenvalue weighted by Crippen LogP contribution is 2.27. The van der Waals surface area contributed by atoms with Crippen molar-refractivity contribution in [1.29, 1.82) is 0 Å². The number of nitrogens with zero attached hydrogens (tertiary/aromatic N) is 2. The molecule has 1 N–H and O–H groups in total. The van der Waals surface area contributed by atoms with E-state index in [-0.39, 0.29) is 18.3 Å². The first kappa shape index (κ1) is 19.5. The Bertz CT molecular complexity index is 412. The van der Waals surface area contributed by atoms with Crippen molar-refractivity contribution >= 4 is 24.2 Å². The molecule has 138 valence electrons. The maximum atomic E-state index is 12.4. The highest BCUT2D eigenvalue weighted by Gasteiger charge is 2.27. The van der Waals surface area contributed by atoms with Gasteiger partial charge in [0.25, 0.3) is 0 Å². The Morgan fingerprint density at radius 2 is 1.38 bits per heavy atom. The maximum absolute atomic E-state index is 12.4. The zero-order valence-corrected chi connectivity index (χ0v) is 15.5. The minimum absolute atomic E-state index is 0. The molecular weight excluding hydrogens is 326 g/mol. The molecule has 0 aromatic heterocycles.